The predicted octanol–water partition coefficient (Wildman–Crippen LogP) is 3.51. The van der Waals surface area contributed by atoms with Gasteiger partial charge in [-0.2, -0.15) is 16.1 Å². The van der Waals surface area contributed by atoms with Crippen LogP contribution in [-0.4, -0.2) is 38.0 Å². The summed E-state index contributed by atoms with van der Waals surface area (Å²) in [4.78, 5) is 12.5. The number of nitrogens with zero attached hydrogens (tertiary/aromatic N) is 1. The Balaban J connectivity index is 1.99. The summed E-state index contributed by atoms with van der Waals surface area (Å²) in [5.74, 6) is 0.769. The molecule has 0 aliphatic rings. The van der Waals surface area contributed by atoms with E-state index in [0.29, 0.717) is 12.1 Å². The monoisotopic (exact) mass is 406 g/mol. The van der Waals surface area contributed by atoms with Gasteiger partial charge in [0.2, 0.25) is 10.0 Å². The van der Waals surface area contributed by atoms with Crippen LogP contribution in [0, 0.1) is 0 Å². The van der Waals surface area contributed by atoms with Crippen molar-refractivity contribution in [3.63, 3.8) is 0 Å². The fourth-order valence-corrected chi connectivity index (χ4v) is 4.32. The van der Waals surface area contributed by atoms with Crippen LogP contribution in [0.4, 0.5) is 0 Å². The fourth-order valence-electron chi connectivity index (χ4n) is 2.43. The van der Waals surface area contributed by atoms with Gasteiger partial charge in [-0.1, -0.05) is 24.3 Å². The van der Waals surface area contributed by atoms with Crippen LogP contribution < -0.4 is 5.32 Å². The maximum Gasteiger partial charge on any atom is 0.251 e. The van der Waals surface area contributed by atoms with Gasteiger partial charge in [0.15, 0.2) is 0 Å². The zero-order valence-corrected chi connectivity index (χ0v) is 17.7. The summed E-state index contributed by atoms with van der Waals surface area (Å²) in [6.45, 7) is 4.00. The Labute approximate surface area is 166 Å². The molecule has 0 bridgehead atoms. The summed E-state index contributed by atoms with van der Waals surface area (Å²) in [5.41, 5.74) is 2.63. The van der Waals surface area contributed by atoms with Gasteiger partial charge < -0.3 is 5.32 Å². The second kappa shape index (κ2) is 9.39. The summed E-state index contributed by atoms with van der Waals surface area (Å²) in [6.07, 6.45) is 2.04. The Kier molecular flexibility index (Phi) is 7.47. The molecule has 0 saturated heterocycles. The maximum absolute atomic E-state index is 12.5. The first-order valence-corrected chi connectivity index (χ1v) is 11.5. The third kappa shape index (κ3) is 5.57. The van der Waals surface area contributed by atoms with Crippen LogP contribution in [0.2, 0.25) is 0 Å². The van der Waals surface area contributed by atoms with Gasteiger partial charge in [-0.05, 0) is 55.5 Å². The molecule has 7 heteroatoms. The highest BCUT2D eigenvalue weighted by Crippen LogP contribution is 2.17. The Bertz CT molecular complexity index is 861. The molecule has 0 spiro atoms. The van der Waals surface area contributed by atoms with Crippen molar-refractivity contribution < 1.29 is 13.2 Å². The second-order valence-electron chi connectivity index (χ2n) is 6.57. The van der Waals surface area contributed by atoms with E-state index in [0.717, 1.165) is 11.3 Å². The number of amides is 1. The highest BCUT2D eigenvalue weighted by Gasteiger charge is 2.22. The molecule has 1 N–H and O–H groups in total. The molecule has 2 aromatic carbocycles. The molecular weight excluding hydrogens is 380 g/mol. The maximum atomic E-state index is 12.5. The smallest absolute Gasteiger partial charge is 0.251 e. The van der Waals surface area contributed by atoms with Crippen LogP contribution in [-0.2, 0) is 22.3 Å². The van der Waals surface area contributed by atoms with E-state index in [2.05, 4.69) is 5.32 Å². The number of hydrogen-bond donors (Lipinski definition) is 1. The van der Waals surface area contributed by atoms with E-state index in [4.69, 9.17) is 0 Å². The van der Waals surface area contributed by atoms with Crippen molar-refractivity contribution in [2.75, 3.05) is 13.3 Å². The Hall–Kier alpha value is -1.83. The van der Waals surface area contributed by atoms with E-state index in [-0.39, 0.29) is 16.8 Å². The molecule has 27 heavy (non-hydrogen) atoms. The highest BCUT2D eigenvalue weighted by atomic mass is 32.2. The van der Waals surface area contributed by atoms with Gasteiger partial charge in [0, 0.05) is 31.0 Å². The van der Waals surface area contributed by atoms with Gasteiger partial charge in [0.05, 0.1) is 4.90 Å². The minimum atomic E-state index is -3.49. The van der Waals surface area contributed by atoms with Crippen LogP contribution >= 0.6 is 11.8 Å². The number of thioether (sulfide) groups is 1. The first kappa shape index (κ1) is 21.5. The van der Waals surface area contributed by atoms with Gasteiger partial charge in [-0.15, -0.1) is 0 Å². The third-order valence-electron chi connectivity index (χ3n) is 4.31. The Morgan fingerprint density at radius 2 is 1.59 bits per heavy atom. The first-order chi connectivity index (χ1) is 12.8. The van der Waals surface area contributed by atoms with Crippen LogP contribution in [0.15, 0.2) is 53.4 Å². The molecule has 0 heterocycles. The van der Waals surface area contributed by atoms with E-state index >= 15 is 0 Å². The SMILES string of the molecule is CSCc1ccc(C(=O)NCc2ccc(S(=O)(=O)N(C)C(C)C)cc2)cc1. The van der Waals surface area contributed by atoms with Gasteiger partial charge in [0.25, 0.3) is 5.91 Å². The lowest BCUT2D eigenvalue weighted by Crippen LogP contribution is -2.33. The summed E-state index contributed by atoms with van der Waals surface area (Å²) < 4.78 is 26.3. The number of carbonyl (C=O) groups is 1. The standard InChI is InChI=1S/C20H26N2O3S2/c1-15(2)22(3)27(24,25)19-11-7-16(8-12-19)13-21-20(23)18-9-5-17(6-10-18)14-26-4/h5-12,15H,13-14H2,1-4H3,(H,21,23). The van der Waals surface area contributed by atoms with E-state index in [9.17, 15) is 13.2 Å². The van der Waals surface area contributed by atoms with Crippen molar-refractivity contribution in [2.24, 2.45) is 0 Å². The average molecular weight is 407 g/mol. The van der Waals surface area contributed by atoms with Crippen LogP contribution in [0.3, 0.4) is 0 Å². The summed E-state index contributed by atoms with van der Waals surface area (Å²) in [7, 11) is -1.93. The number of nitrogens with one attached hydrogen (secondary N) is 1. The van der Waals surface area contributed by atoms with E-state index in [1.807, 2.05) is 44.4 Å². The zero-order chi connectivity index (χ0) is 20.0. The van der Waals surface area contributed by atoms with Crippen LogP contribution in [0.25, 0.3) is 0 Å². The molecule has 2 rings (SSSR count). The molecule has 0 saturated carbocycles. The van der Waals surface area contributed by atoms with Gasteiger partial charge in [-0.25, -0.2) is 8.42 Å². The highest BCUT2D eigenvalue weighted by molar-refractivity contribution is 7.97. The summed E-state index contributed by atoms with van der Waals surface area (Å²) in [5, 5.41) is 2.86. The number of hydrogen-bond acceptors (Lipinski definition) is 4. The molecule has 2 aromatic rings. The summed E-state index contributed by atoms with van der Waals surface area (Å²) >= 11 is 1.74. The molecule has 0 fully saturated rings. The second-order valence-corrected chi connectivity index (χ2v) is 9.44. The number of benzene rings is 2. The molecule has 146 valence electrons. The molecule has 0 aromatic heterocycles. The van der Waals surface area contributed by atoms with Gasteiger partial charge in [0.1, 0.15) is 0 Å². The lowest BCUT2D eigenvalue weighted by Gasteiger charge is -2.21. The average Bonchev–Trinajstić information content (AvgIpc) is 2.66. The lowest BCUT2D eigenvalue weighted by molar-refractivity contribution is 0.0951. The van der Waals surface area contributed by atoms with Crippen LogP contribution in [0.5, 0.6) is 0 Å². The van der Waals surface area contributed by atoms with Crippen LogP contribution in [0.1, 0.15) is 35.3 Å². The van der Waals surface area contributed by atoms with Gasteiger partial charge >= 0.3 is 0 Å². The minimum Gasteiger partial charge on any atom is -0.348 e. The van der Waals surface area contributed by atoms with E-state index in [1.54, 1.807) is 43.1 Å². The van der Waals surface area contributed by atoms with Crippen molar-refractivity contribution in [3.8, 4) is 0 Å². The van der Waals surface area contributed by atoms with E-state index < -0.39 is 10.0 Å². The summed E-state index contributed by atoms with van der Waals surface area (Å²) in [6, 6.07) is 14.0. The van der Waals surface area contributed by atoms with Gasteiger partial charge in [-0.3, -0.25) is 4.79 Å². The number of sulfonamides is 1. The Morgan fingerprint density at radius 1 is 1.04 bits per heavy atom. The fraction of sp³-hybridized carbons (Fsp3) is 0.350. The molecule has 5 nitrogen and oxygen atoms in total. The molecule has 0 aliphatic heterocycles. The largest absolute Gasteiger partial charge is 0.348 e. The van der Waals surface area contributed by atoms with Crippen molar-refractivity contribution in [3.05, 3.63) is 65.2 Å². The molecule has 1 amide bonds. The molecule has 0 unspecified atom stereocenters. The molecule has 0 aliphatic carbocycles. The van der Waals surface area contributed by atoms with Crippen molar-refractivity contribution >= 4 is 27.7 Å². The number of rotatable bonds is 8. The lowest BCUT2D eigenvalue weighted by atomic mass is 10.1. The topological polar surface area (TPSA) is 66.5 Å². The zero-order valence-electron chi connectivity index (χ0n) is 16.1. The predicted molar refractivity (Wildman–Crippen MR) is 111 cm³/mol. The normalized spacial score (nSPS) is 11.8. The molecular formula is C20H26N2O3S2. The third-order valence-corrected chi connectivity index (χ3v) is 6.98. The quantitative estimate of drug-likeness (QED) is 0.729. The van der Waals surface area contributed by atoms with Crippen molar-refractivity contribution in [2.45, 2.75) is 37.1 Å². The van der Waals surface area contributed by atoms with E-state index in [1.165, 1.54) is 9.87 Å². The molecule has 0 radical (unpaired) electrons. The molecule has 0 atom stereocenters. The van der Waals surface area contributed by atoms with Crippen molar-refractivity contribution in [1.82, 2.24) is 9.62 Å². The Morgan fingerprint density at radius 3 is 2.11 bits per heavy atom. The number of carbonyl (C=O) groups excluding carboxylic acids is 1. The minimum absolute atomic E-state index is 0.115. The van der Waals surface area contributed by atoms with Crippen molar-refractivity contribution in [1.29, 1.82) is 0 Å². The first-order valence-electron chi connectivity index (χ1n) is 8.68.